The molecule has 2 radical (unpaired) electrons. The Labute approximate surface area is 634 Å². The second-order valence-electron chi connectivity index (χ2n) is 19.9. The van der Waals surface area contributed by atoms with Crippen LogP contribution in [0.1, 0.15) is 5.56 Å². The third-order valence-corrected chi connectivity index (χ3v) is 27.5. The third-order valence-electron chi connectivity index (χ3n) is 13.8. The van der Waals surface area contributed by atoms with Crippen LogP contribution in [0.2, 0.25) is 55.2 Å². The number of benzene rings is 12. The first-order chi connectivity index (χ1) is 42.5. The molecule has 0 saturated carbocycles. The Hall–Kier alpha value is -2.97. The first-order valence-electron chi connectivity index (χ1n) is 27.4. The van der Waals surface area contributed by atoms with Crippen LogP contribution in [0.25, 0.3) is 0 Å². The molecule has 0 unspecified atom stereocenters. The van der Waals surface area contributed by atoms with Gasteiger partial charge in [-0.2, -0.15) is 0 Å². The Balaban J connectivity index is 0.000000219. The Morgan fingerprint density at radius 2 is 0.228 bits per heavy atom. The number of hydrogen-bond acceptors (Lipinski definition) is 0. The van der Waals surface area contributed by atoms with Crippen LogP contribution < -0.4 is 63.7 Å². The third kappa shape index (κ3) is 23.7. The molecule has 0 aliphatic carbocycles. The fourth-order valence-corrected chi connectivity index (χ4v) is 20.9. The Morgan fingerprint density at radius 3 is 0.315 bits per heavy atom. The fraction of sp³-hybridized carbons (Fsp3) is 0.0133. The summed E-state index contributed by atoms with van der Waals surface area (Å²) in [6, 6.07) is 97.8. The summed E-state index contributed by atoms with van der Waals surface area (Å²) in [5.41, 5.74) is 1.28. The molecule has 0 nitrogen and oxygen atoms in total. The van der Waals surface area contributed by atoms with Crippen LogP contribution >= 0.6 is 159 Å². The first-order valence-corrected chi connectivity index (χ1v) is 37.6. The van der Waals surface area contributed by atoms with E-state index in [9.17, 15) is 0 Å². The largest absolute Gasteiger partial charge is 0.358 e. The molecule has 0 aliphatic heterocycles. The molecule has 0 N–H and O–H groups in total. The fourth-order valence-electron chi connectivity index (χ4n) is 9.50. The minimum Gasteiger partial charge on any atom is -0.358 e. The zero-order valence-corrected chi connectivity index (χ0v) is 64.8. The van der Waals surface area contributed by atoms with Gasteiger partial charge in [-0.05, 0) is 286 Å². The maximum Gasteiger partial charge on any atom is 0.102 e. The van der Waals surface area contributed by atoms with Gasteiger partial charge in [0, 0.05) is 100 Å². The molecule has 0 amide bonds. The number of aryl methyl sites for hydroxylation is 1. The molecule has 0 heterocycles. The van der Waals surface area contributed by atoms with Gasteiger partial charge in [-0.15, -0.1) is 0 Å². The molecule has 12 aromatic carbocycles. The summed E-state index contributed by atoms with van der Waals surface area (Å²) in [6.07, 6.45) is 0. The molecule has 0 aromatic heterocycles. The van der Waals surface area contributed by atoms with E-state index >= 15 is 0 Å². The van der Waals surface area contributed by atoms with Crippen LogP contribution in [0.3, 0.4) is 0 Å². The molecule has 0 aliphatic rings. The van der Waals surface area contributed by atoms with Gasteiger partial charge in [0.25, 0.3) is 0 Å². The van der Waals surface area contributed by atoms with E-state index in [4.69, 9.17) is 128 Å². The molecule has 12 rings (SSSR count). The monoisotopic (exact) mass is 1680 g/mol. The van der Waals surface area contributed by atoms with E-state index in [1.54, 1.807) is 0 Å². The summed E-state index contributed by atoms with van der Waals surface area (Å²) in [6.45, 7) is 2.11. The molecule has 478 valence electrons. The average molecular weight is 1690 g/mol. The maximum absolute atomic E-state index is 6.04. The van der Waals surface area contributed by atoms with Crippen LogP contribution in [-0.4, -0.2) is 0 Å². The molecular weight excluding hydrogens is 1630 g/mol. The van der Waals surface area contributed by atoms with Gasteiger partial charge in [-0.1, -0.05) is 145 Å². The molecular formula is C75H61Ag2Cl11P4+2. The maximum atomic E-state index is 6.04. The van der Waals surface area contributed by atoms with Crippen molar-refractivity contribution in [2.24, 2.45) is 0 Å². The quantitative estimate of drug-likeness (QED) is 0.0650. The second-order valence-corrected chi connectivity index (χ2v) is 34.7. The second kappa shape index (κ2) is 40.0. The Kier molecular flexibility index (Phi) is 34.7. The normalized spacial score (nSPS) is 10.4. The minimum absolute atomic E-state index is 0. The average Bonchev–Trinajstić information content (AvgIpc) is 1.01. The van der Waals surface area contributed by atoms with Crippen LogP contribution in [0.4, 0.5) is 0 Å². The van der Waals surface area contributed by atoms with E-state index in [-0.39, 0.29) is 59.6 Å². The van der Waals surface area contributed by atoms with Crippen LogP contribution in [0.5, 0.6) is 0 Å². The van der Waals surface area contributed by atoms with Gasteiger partial charge >= 0.3 is 0 Å². The summed E-state index contributed by atoms with van der Waals surface area (Å²) in [4.78, 5) is 0. The smallest absolute Gasteiger partial charge is 0.102 e. The van der Waals surface area contributed by atoms with Gasteiger partial charge in [-0.25, -0.2) is 0 Å². The van der Waals surface area contributed by atoms with E-state index in [1.807, 2.05) is 133 Å². The van der Waals surface area contributed by atoms with Gasteiger partial charge in [0.1, 0.15) is 63.7 Å². The van der Waals surface area contributed by atoms with Crippen molar-refractivity contribution in [1.29, 1.82) is 0 Å². The van der Waals surface area contributed by atoms with Crippen molar-refractivity contribution < 1.29 is 44.8 Å². The summed E-state index contributed by atoms with van der Waals surface area (Å²) in [5.74, 6) is 0. The summed E-state index contributed by atoms with van der Waals surface area (Å²) in [7, 11) is -4.35. The topological polar surface area (TPSA) is 0 Å². The van der Waals surface area contributed by atoms with Crippen LogP contribution in [0.15, 0.2) is 291 Å². The van der Waals surface area contributed by atoms with Gasteiger partial charge in [0.05, 0.1) is 31.7 Å². The number of halogens is 11. The van der Waals surface area contributed by atoms with Crippen molar-refractivity contribution in [3.8, 4) is 0 Å². The van der Waals surface area contributed by atoms with Gasteiger partial charge in [-0.3, -0.25) is 0 Å². The van der Waals surface area contributed by atoms with Crippen LogP contribution in [-0.2, 0) is 44.8 Å². The summed E-state index contributed by atoms with van der Waals surface area (Å²) < 4.78 is 0. The molecule has 0 atom stereocenters. The number of hydrogen-bond donors (Lipinski definition) is 0. The SMILES string of the molecule is Cc1ccc([PH+](c2ccc(Cl)cc2)c2ccc(Cl)cc2)cc1.Clc1ccc([PH+](c2ccc(Cl)cc2)c2ccc(Cl)cc2)cc1.Clc1ccc([PH+](c2ccc(Cl)cc2)c2ccc(Cl)cc2)cc1.Clc1ccc([PH+](c2ccc(Cl)cc2)c2ccc(Cl)cc2)cc1.[Ag].[Ag].[CH3-].[CH3-]. The van der Waals surface area contributed by atoms with Gasteiger partial charge < -0.3 is 14.9 Å². The van der Waals surface area contributed by atoms with Crippen molar-refractivity contribution in [3.05, 3.63) is 367 Å². The van der Waals surface area contributed by atoms with Crippen molar-refractivity contribution in [2.75, 3.05) is 0 Å². The van der Waals surface area contributed by atoms with E-state index in [0.717, 1.165) is 55.2 Å². The van der Waals surface area contributed by atoms with E-state index in [0.29, 0.717) is 0 Å². The molecule has 0 saturated heterocycles. The van der Waals surface area contributed by atoms with E-state index in [1.165, 1.54) is 69.2 Å². The number of rotatable bonds is 12. The minimum atomic E-state index is -1.10. The zero-order valence-electron chi connectivity index (χ0n) is 49.5. The van der Waals surface area contributed by atoms with Crippen LogP contribution in [0, 0.1) is 21.8 Å². The van der Waals surface area contributed by atoms with Crippen molar-refractivity contribution in [2.45, 2.75) is 6.92 Å². The Morgan fingerprint density at radius 1 is 0.152 bits per heavy atom. The predicted octanol–water partition coefficient (Wildman–Crippen LogP) is 21.1. The van der Waals surface area contributed by atoms with E-state index in [2.05, 4.69) is 165 Å². The first kappa shape index (κ1) is 79.7. The van der Waals surface area contributed by atoms with E-state index < -0.39 is 31.7 Å². The molecule has 92 heavy (non-hydrogen) atoms. The standard InChI is InChI=1S/C19H15Cl2P.3C18H12Cl3P.2CH3.2Ag/c1-14-2-8-17(9-3-14)22(18-10-4-15(20)5-11-18)19-12-6-16(21)7-13-19;3*19-13-1-7-16(8-2-13)22(17-9-3-14(20)4-10-17)18-11-5-15(21)6-12-18;;;;/h2-13H,1H3;3*1-12H;2*1H3;;/q;;;;2*-1;;/p+4. The Bertz CT molecular complexity index is 3120. The molecule has 0 bridgehead atoms. The van der Waals surface area contributed by atoms with Crippen molar-refractivity contribution >= 4 is 223 Å². The van der Waals surface area contributed by atoms with Crippen molar-refractivity contribution in [3.63, 3.8) is 0 Å². The summed E-state index contributed by atoms with van der Waals surface area (Å²) >= 11 is 66.3. The molecule has 0 fully saturated rings. The molecule has 0 spiro atoms. The van der Waals surface area contributed by atoms with Gasteiger partial charge in [0.2, 0.25) is 0 Å². The molecule has 12 aromatic rings. The zero-order chi connectivity index (χ0) is 62.1. The van der Waals surface area contributed by atoms with Crippen molar-refractivity contribution in [1.82, 2.24) is 0 Å². The van der Waals surface area contributed by atoms with Gasteiger partial charge in [0.15, 0.2) is 0 Å². The summed E-state index contributed by atoms with van der Waals surface area (Å²) in [5, 5.41) is 23.8. The molecule has 17 heteroatoms. The predicted molar refractivity (Wildman–Crippen MR) is 419 cm³/mol.